The molecule has 0 saturated heterocycles. The lowest BCUT2D eigenvalue weighted by Gasteiger charge is -2.09. The Balaban J connectivity index is 2.37. The van der Waals surface area contributed by atoms with Crippen LogP contribution in [0.2, 0.25) is 0 Å². The summed E-state index contributed by atoms with van der Waals surface area (Å²) in [5.74, 6) is 0.731. The highest BCUT2D eigenvalue weighted by Crippen LogP contribution is 2.22. The summed E-state index contributed by atoms with van der Waals surface area (Å²) in [6.07, 6.45) is 5.11. The highest BCUT2D eigenvalue weighted by Gasteiger charge is 2.06. The minimum Gasteiger partial charge on any atom is -0.496 e. The molecule has 0 spiro atoms. The first-order valence-electron chi connectivity index (χ1n) is 6.03. The van der Waals surface area contributed by atoms with Gasteiger partial charge in [0, 0.05) is 11.8 Å². The number of ether oxygens (including phenoxy) is 1. The van der Waals surface area contributed by atoms with E-state index in [1.54, 1.807) is 30.1 Å². The molecule has 0 bridgehead atoms. The van der Waals surface area contributed by atoms with Crippen molar-refractivity contribution in [3.8, 4) is 17.9 Å². The molecule has 1 aromatic heterocycles. The van der Waals surface area contributed by atoms with E-state index >= 15 is 0 Å². The van der Waals surface area contributed by atoms with Gasteiger partial charge in [-0.15, -0.1) is 0 Å². The Hall–Kier alpha value is -2.57. The van der Waals surface area contributed by atoms with Gasteiger partial charge in [0.1, 0.15) is 23.5 Å². The normalized spacial score (nSPS) is 9.52. The maximum atomic E-state index is 8.81. The molecule has 104 valence electrons. The van der Waals surface area contributed by atoms with Crippen molar-refractivity contribution in [2.45, 2.75) is 6.54 Å². The Morgan fingerprint density at radius 1 is 1.43 bits per heavy atom. The van der Waals surface area contributed by atoms with E-state index in [2.05, 4.69) is 21.0 Å². The molecule has 0 N–H and O–H groups in total. The first-order chi connectivity index (χ1) is 10.2. The molecule has 1 aromatic carbocycles. The summed E-state index contributed by atoms with van der Waals surface area (Å²) in [6.45, 7) is 0.533. The van der Waals surface area contributed by atoms with Crippen molar-refractivity contribution in [3.05, 3.63) is 51.8 Å². The van der Waals surface area contributed by atoms with E-state index in [0.29, 0.717) is 6.54 Å². The minimum atomic E-state index is 0.0629. The van der Waals surface area contributed by atoms with Crippen LogP contribution in [0.25, 0.3) is 6.08 Å². The number of allylic oxidation sites excluding steroid dienone is 1. The van der Waals surface area contributed by atoms with Crippen LogP contribution in [0.1, 0.15) is 11.1 Å². The molecule has 0 amide bonds. The summed E-state index contributed by atoms with van der Waals surface area (Å²) in [5.41, 5.74) is 1.75. The van der Waals surface area contributed by atoms with E-state index in [1.807, 2.05) is 30.5 Å². The van der Waals surface area contributed by atoms with Crippen molar-refractivity contribution in [2.75, 3.05) is 7.11 Å². The lowest BCUT2D eigenvalue weighted by molar-refractivity contribution is 0.407. The third-order valence-corrected chi connectivity index (χ3v) is 3.20. The average Bonchev–Trinajstić information content (AvgIpc) is 2.90. The topological polar surface area (TPSA) is 74.6 Å². The highest BCUT2D eigenvalue weighted by atomic mass is 79.9. The van der Waals surface area contributed by atoms with Crippen LogP contribution in [-0.4, -0.2) is 16.9 Å². The van der Waals surface area contributed by atoms with Gasteiger partial charge in [0.2, 0.25) is 0 Å². The number of hydrogen-bond donors (Lipinski definition) is 0. The number of halogens is 1. The number of rotatable bonds is 4. The van der Waals surface area contributed by atoms with Crippen LogP contribution >= 0.6 is 15.9 Å². The molecule has 0 atom stereocenters. The van der Waals surface area contributed by atoms with Crippen molar-refractivity contribution >= 4 is 22.0 Å². The minimum absolute atomic E-state index is 0.0629. The molecule has 2 rings (SSSR count). The van der Waals surface area contributed by atoms with Crippen molar-refractivity contribution < 1.29 is 4.74 Å². The second kappa shape index (κ2) is 6.74. The molecule has 0 aliphatic rings. The summed E-state index contributed by atoms with van der Waals surface area (Å²) in [6, 6.07) is 9.18. The summed E-state index contributed by atoms with van der Waals surface area (Å²) in [7, 11) is 1.60. The number of hydrogen-bond acceptors (Lipinski definition) is 4. The maximum absolute atomic E-state index is 8.81. The van der Waals surface area contributed by atoms with E-state index < -0.39 is 0 Å². The third kappa shape index (κ3) is 3.71. The molecule has 6 heteroatoms. The zero-order valence-electron chi connectivity index (χ0n) is 11.2. The molecule has 0 saturated carbocycles. The van der Waals surface area contributed by atoms with Crippen LogP contribution in [0.3, 0.4) is 0 Å². The summed E-state index contributed by atoms with van der Waals surface area (Å²) >= 11 is 3.35. The molecule has 1 heterocycles. The Kier molecular flexibility index (Phi) is 4.76. The lowest BCUT2D eigenvalue weighted by atomic mass is 10.1. The zero-order valence-corrected chi connectivity index (χ0v) is 12.8. The smallest absolute Gasteiger partial charge is 0.130 e. The van der Waals surface area contributed by atoms with Crippen molar-refractivity contribution in [2.24, 2.45) is 0 Å². The predicted molar refractivity (Wildman–Crippen MR) is 81.2 cm³/mol. The Labute approximate surface area is 130 Å². The first-order valence-corrected chi connectivity index (χ1v) is 6.82. The summed E-state index contributed by atoms with van der Waals surface area (Å²) in [4.78, 5) is 0. The second-order valence-electron chi connectivity index (χ2n) is 4.21. The van der Waals surface area contributed by atoms with Crippen LogP contribution in [0.15, 0.2) is 40.6 Å². The molecule has 5 nitrogen and oxygen atoms in total. The van der Waals surface area contributed by atoms with Crippen LogP contribution in [0.4, 0.5) is 0 Å². The standard InChI is InChI=1S/C15H11BrN4O/c1-21-15-3-2-11(4-12(6-17)7-18)5-13(15)9-20-10-14(16)8-19-20/h2-5,8,10H,9H2,1H3. The van der Waals surface area contributed by atoms with Gasteiger partial charge >= 0.3 is 0 Å². The van der Waals surface area contributed by atoms with Crippen LogP contribution in [0, 0.1) is 22.7 Å². The van der Waals surface area contributed by atoms with Gasteiger partial charge in [-0.05, 0) is 39.7 Å². The fraction of sp³-hybridized carbons (Fsp3) is 0.133. The molecule has 0 aliphatic carbocycles. The fourth-order valence-corrected chi connectivity index (χ4v) is 2.20. The fourth-order valence-electron chi connectivity index (χ4n) is 1.87. The van der Waals surface area contributed by atoms with Gasteiger partial charge in [0.15, 0.2) is 0 Å². The molecular formula is C15H11BrN4O. The number of methoxy groups -OCH3 is 1. The van der Waals surface area contributed by atoms with E-state index in [4.69, 9.17) is 15.3 Å². The summed E-state index contributed by atoms with van der Waals surface area (Å²) < 4.78 is 8.00. The quantitative estimate of drug-likeness (QED) is 0.800. The Bertz CT molecular complexity index is 749. The van der Waals surface area contributed by atoms with Gasteiger partial charge in [-0.3, -0.25) is 4.68 Å². The largest absolute Gasteiger partial charge is 0.496 e. The van der Waals surface area contributed by atoms with Gasteiger partial charge < -0.3 is 4.74 Å². The number of aromatic nitrogens is 2. The van der Waals surface area contributed by atoms with Gasteiger partial charge in [0.05, 0.1) is 24.3 Å². The van der Waals surface area contributed by atoms with Gasteiger partial charge in [-0.25, -0.2) is 0 Å². The Morgan fingerprint density at radius 3 is 2.76 bits per heavy atom. The molecule has 0 radical (unpaired) electrons. The van der Waals surface area contributed by atoms with Crippen LogP contribution in [0.5, 0.6) is 5.75 Å². The van der Waals surface area contributed by atoms with Crippen molar-refractivity contribution in [1.29, 1.82) is 10.5 Å². The van der Waals surface area contributed by atoms with E-state index in [1.165, 1.54) is 0 Å². The molecule has 0 unspecified atom stereocenters. The van der Waals surface area contributed by atoms with E-state index in [-0.39, 0.29) is 5.57 Å². The van der Waals surface area contributed by atoms with Gasteiger partial charge in [0.25, 0.3) is 0 Å². The van der Waals surface area contributed by atoms with Crippen molar-refractivity contribution in [3.63, 3.8) is 0 Å². The number of nitrogens with zero attached hydrogens (tertiary/aromatic N) is 4. The number of nitriles is 2. The first kappa shape index (κ1) is 14.8. The third-order valence-electron chi connectivity index (χ3n) is 2.79. The predicted octanol–water partition coefficient (Wildman–Crippen LogP) is 3.13. The second-order valence-corrected chi connectivity index (χ2v) is 5.12. The number of benzene rings is 1. The molecule has 0 fully saturated rings. The molecular weight excluding hydrogens is 332 g/mol. The SMILES string of the molecule is COc1ccc(C=C(C#N)C#N)cc1Cn1cc(Br)cn1. The lowest BCUT2D eigenvalue weighted by Crippen LogP contribution is -2.02. The zero-order chi connectivity index (χ0) is 15.2. The Morgan fingerprint density at radius 2 is 2.19 bits per heavy atom. The average molecular weight is 343 g/mol. The maximum Gasteiger partial charge on any atom is 0.130 e. The van der Waals surface area contributed by atoms with E-state index in [0.717, 1.165) is 21.3 Å². The molecule has 2 aromatic rings. The highest BCUT2D eigenvalue weighted by molar-refractivity contribution is 9.10. The van der Waals surface area contributed by atoms with Gasteiger partial charge in [-0.2, -0.15) is 15.6 Å². The molecule has 0 aliphatic heterocycles. The summed E-state index contributed by atoms with van der Waals surface area (Å²) in [5, 5.41) is 21.8. The van der Waals surface area contributed by atoms with E-state index in [9.17, 15) is 0 Å². The van der Waals surface area contributed by atoms with Crippen LogP contribution < -0.4 is 4.74 Å². The monoisotopic (exact) mass is 342 g/mol. The molecule has 21 heavy (non-hydrogen) atoms. The van der Waals surface area contributed by atoms with Crippen molar-refractivity contribution in [1.82, 2.24) is 9.78 Å². The van der Waals surface area contributed by atoms with Gasteiger partial charge in [-0.1, -0.05) is 6.07 Å². The van der Waals surface area contributed by atoms with Crippen LogP contribution in [-0.2, 0) is 6.54 Å².